The standard InChI is InChI=1S/C25H23N3O3S/c1-32(29,30)25-11-8-21(14-27-25)19-6-9-22(10-7-19)31-23-16-28(17-23)15-18-12-20-4-2-3-5-24(20)26-13-18/h2-14,23H,15-17H2,1H3. The molecule has 0 aliphatic carbocycles. The molecule has 32 heavy (non-hydrogen) atoms. The number of likely N-dealkylation sites (tertiary alicyclic amines) is 1. The van der Waals surface area contributed by atoms with Gasteiger partial charge in [0.1, 0.15) is 11.9 Å². The van der Waals surface area contributed by atoms with Gasteiger partial charge in [0.25, 0.3) is 0 Å². The van der Waals surface area contributed by atoms with Crippen LogP contribution in [0, 0.1) is 0 Å². The number of aromatic nitrogens is 2. The summed E-state index contributed by atoms with van der Waals surface area (Å²) in [5, 5.41) is 1.25. The average molecular weight is 446 g/mol. The predicted molar refractivity (Wildman–Crippen MR) is 124 cm³/mol. The molecule has 0 bridgehead atoms. The number of para-hydroxylation sites is 1. The zero-order valence-corrected chi connectivity index (χ0v) is 18.5. The van der Waals surface area contributed by atoms with E-state index in [4.69, 9.17) is 4.74 Å². The maximum absolute atomic E-state index is 11.6. The first kappa shape index (κ1) is 20.6. The number of fused-ring (bicyclic) bond motifs is 1. The first-order valence-electron chi connectivity index (χ1n) is 10.4. The molecule has 7 heteroatoms. The van der Waals surface area contributed by atoms with Crippen molar-refractivity contribution in [3.05, 3.63) is 84.7 Å². The van der Waals surface area contributed by atoms with Gasteiger partial charge in [0, 0.05) is 49.2 Å². The molecule has 3 heterocycles. The molecule has 0 spiro atoms. The van der Waals surface area contributed by atoms with Crippen LogP contribution in [0.4, 0.5) is 0 Å². The molecule has 162 valence electrons. The molecule has 4 aromatic rings. The van der Waals surface area contributed by atoms with Crippen LogP contribution in [-0.4, -0.2) is 48.7 Å². The van der Waals surface area contributed by atoms with Gasteiger partial charge in [0.05, 0.1) is 5.52 Å². The fraction of sp³-hybridized carbons (Fsp3) is 0.200. The van der Waals surface area contributed by atoms with E-state index in [-0.39, 0.29) is 11.1 Å². The topological polar surface area (TPSA) is 72.4 Å². The van der Waals surface area contributed by atoms with E-state index in [1.807, 2.05) is 48.7 Å². The number of benzene rings is 2. The Balaban J connectivity index is 1.15. The van der Waals surface area contributed by atoms with Crippen molar-refractivity contribution >= 4 is 20.7 Å². The molecule has 1 aliphatic rings. The van der Waals surface area contributed by atoms with E-state index in [0.29, 0.717) is 0 Å². The van der Waals surface area contributed by atoms with Gasteiger partial charge in [-0.25, -0.2) is 13.4 Å². The SMILES string of the molecule is CS(=O)(=O)c1ccc(-c2ccc(OC3CN(Cc4cnc5ccccc5c4)C3)cc2)cn1. The lowest BCUT2D eigenvalue weighted by Gasteiger charge is -2.39. The van der Waals surface area contributed by atoms with Crippen molar-refractivity contribution in [2.75, 3.05) is 19.3 Å². The first-order chi connectivity index (χ1) is 15.4. The van der Waals surface area contributed by atoms with Crippen molar-refractivity contribution < 1.29 is 13.2 Å². The van der Waals surface area contributed by atoms with Crippen LogP contribution in [0.25, 0.3) is 22.0 Å². The third-order valence-corrected chi connectivity index (χ3v) is 6.58. The number of nitrogens with zero attached hydrogens (tertiary/aromatic N) is 3. The minimum Gasteiger partial charge on any atom is -0.488 e. The zero-order valence-electron chi connectivity index (χ0n) is 17.7. The Kier molecular flexibility index (Phi) is 5.36. The third kappa shape index (κ3) is 4.49. The number of ether oxygens (including phenoxy) is 1. The van der Waals surface area contributed by atoms with Crippen molar-refractivity contribution in [1.82, 2.24) is 14.9 Å². The summed E-state index contributed by atoms with van der Waals surface area (Å²) in [5.74, 6) is 0.825. The van der Waals surface area contributed by atoms with E-state index in [0.717, 1.165) is 48.3 Å². The summed E-state index contributed by atoms with van der Waals surface area (Å²) in [6, 6.07) is 21.5. The monoisotopic (exact) mass is 445 g/mol. The lowest BCUT2D eigenvalue weighted by Crippen LogP contribution is -2.53. The van der Waals surface area contributed by atoms with Crippen molar-refractivity contribution in [3.63, 3.8) is 0 Å². The van der Waals surface area contributed by atoms with Gasteiger partial charge in [0.15, 0.2) is 14.9 Å². The van der Waals surface area contributed by atoms with Crippen LogP contribution in [-0.2, 0) is 16.4 Å². The predicted octanol–water partition coefficient (Wildman–Crippen LogP) is 3.96. The number of hydrogen-bond acceptors (Lipinski definition) is 6. The van der Waals surface area contributed by atoms with E-state index in [9.17, 15) is 8.42 Å². The summed E-state index contributed by atoms with van der Waals surface area (Å²) in [7, 11) is -3.29. The van der Waals surface area contributed by atoms with Gasteiger partial charge in [-0.15, -0.1) is 0 Å². The molecule has 6 nitrogen and oxygen atoms in total. The van der Waals surface area contributed by atoms with Crippen LogP contribution >= 0.6 is 0 Å². The summed E-state index contributed by atoms with van der Waals surface area (Å²) >= 11 is 0. The van der Waals surface area contributed by atoms with Crippen molar-refractivity contribution in [2.24, 2.45) is 0 Å². The summed E-state index contributed by atoms with van der Waals surface area (Å²) in [6.45, 7) is 2.63. The van der Waals surface area contributed by atoms with E-state index in [1.54, 1.807) is 12.3 Å². The van der Waals surface area contributed by atoms with Crippen LogP contribution in [0.15, 0.2) is 84.1 Å². The fourth-order valence-corrected chi connectivity index (χ4v) is 4.44. The average Bonchev–Trinajstić information content (AvgIpc) is 2.77. The zero-order chi connectivity index (χ0) is 22.1. The van der Waals surface area contributed by atoms with E-state index >= 15 is 0 Å². The number of sulfone groups is 1. The Bertz CT molecular complexity index is 1350. The van der Waals surface area contributed by atoms with Gasteiger partial charge in [-0.1, -0.05) is 30.3 Å². The van der Waals surface area contributed by atoms with Gasteiger partial charge in [-0.3, -0.25) is 9.88 Å². The molecular formula is C25H23N3O3S. The van der Waals surface area contributed by atoms with E-state index in [2.05, 4.69) is 27.0 Å². The summed E-state index contributed by atoms with van der Waals surface area (Å²) < 4.78 is 29.2. The molecule has 1 fully saturated rings. The van der Waals surface area contributed by atoms with Gasteiger partial charge in [0.2, 0.25) is 0 Å². The van der Waals surface area contributed by atoms with E-state index in [1.165, 1.54) is 17.0 Å². The van der Waals surface area contributed by atoms with Crippen molar-refractivity contribution in [3.8, 4) is 16.9 Å². The highest BCUT2D eigenvalue weighted by molar-refractivity contribution is 7.90. The highest BCUT2D eigenvalue weighted by Crippen LogP contribution is 2.25. The number of pyridine rings is 2. The number of hydrogen-bond donors (Lipinski definition) is 0. The normalized spacial score (nSPS) is 14.9. The first-order valence-corrected chi connectivity index (χ1v) is 12.3. The molecule has 1 saturated heterocycles. The quantitative estimate of drug-likeness (QED) is 0.447. The molecular weight excluding hydrogens is 422 g/mol. The van der Waals surface area contributed by atoms with Crippen LogP contribution < -0.4 is 4.74 Å². The molecule has 0 saturated carbocycles. The largest absolute Gasteiger partial charge is 0.488 e. The summed E-state index contributed by atoms with van der Waals surface area (Å²) in [5.41, 5.74) is 4.06. The molecule has 5 rings (SSSR count). The number of rotatable bonds is 6. The van der Waals surface area contributed by atoms with Crippen molar-refractivity contribution in [2.45, 2.75) is 17.7 Å². The van der Waals surface area contributed by atoms with Crippen LogP contribution in [0.2, 0.25) is 0 Å². The van der Waals surface area contributed by atoms with Gasteiger partial charge in [-0.05, 0) is 47.5 Å². The van der Waals surface area contributed by atoms with Crippen molar-refractivity contribution in [1.29, 1.82) is 0 Å². The second-order valence-electron chi connectivity index (χ2n) is 8.15. The van der Waals surface area contributed by atoms with Gasteiger partial charge >= 0.3 is 0 Å². The molecule has 0 atom stereocenters. The van der Waals surface area contributed by atoms with Crippen LogP contribution in [0.1, 0.15) is 5.56 Å². The smallest absolute Gasteiger partial charge is 0.192 e. The maximum atomic E-state index is 11.6. The minimum atomic E-state index is -3.29. The molecule has 0 radical (unpaired) electrons. The highest BCUT2D eigenvalue weighted by atomic mass is 32.2. The Morgan fingerprint density at radius 2 is 1.69 bits per heavy atom. The maximum Gasteiger partial charge on any atom is 0.192 e. The molecule has 0 unspecified atom stereocenters. The molecule has 2 aromatic heterocycles. The van der Waals surface area contributed by atoms with Crippen LogP contribution in [0.3, 0.4) is 0 Å². The van der Waals surface area contributed by atoms with E-state index < -0.39 is 9.84 Å². The Hall–Kier alpha value is -3.29. The Labute approximate surface area is 187 Å². The molecule has 0 N–H and O–H groups in total. The minimum absolute atomic E-state index is 0.0789. The second-order valence-corrected chi connectivity index (χ2v) is 10.1. The molecule has 1 aliphatic heterocycles. The lowest BCUT2D eigenvalue weighted by molar-refractivity contribution is 0.0145. The summed E-state index contributed by atoms with van der Waals surface area (Å²) in [4.78, 5) is 10.9. The lowest BCUT2D eigenvalue weighted by atomic mass is 10.1. The molecule has 2 aromatic carbocycles. The molecule has 0 amide bonds. The highest BCUT2D eigenvalue weighted by Gasteiger charge is 2.28. The Morgan fingerprint density at radius 3 is 2.41 bits per heavy atom. The summed E-state index contributed by atoms with van der Waals surface area (Å²) in [6.07, 6.45) is 4.86. The van der Waals surface area contributed by atoms with Gasteiger partial charge in [-0.2, -0.15) is 0 Å². The fourth-order valence-electron chi connectivity index (χ4n) is 3.88. The van der Waals surface area contributed by atoms with Crippen LogP contribution in [0.5, 0.6) is 5.75 Å². The third-order valence-electron chi connectivity index (χ3n) is 5.58. The Morgan fingerprint density at radius 1 is 0.938 bits per heavy atom. The van der Waals surface area contributed by atoms with Gasteiger partial charge < -0.3 is 4.74 Å². The second kappa shape index (κ2) is 8.33.